The second-order valence-corrected chi connectivity index (χ2v) is 9.76. The van der Waals surface area contributed by atoms with Gasteiger partial charge < -0.3 is 15.2 Å². The van der Waals surface area contributed by atoms with Gasteiger partial charge in [-0.15, -0.1) is 5.10 Å². The Morgan fingerprint density at radius 2 is 1.77 bits per heavy atom. The lowest BCUT2D eigenvalue weighted by atomic mass is 9.98. The number of amides is 2. The highest BCUT2D eigenvalue weighted by molar-refractivity contribution is 6.02. The van der Waals surface area contributed by atoms with Crippen molar-refractivity contribution >= 4 is 34.5 Å². The molecule has 0 aliphatic heterocycles. The van der Waals surface area contributed by atoms with Crippen LogP contribution in [0.1, 0.15) is 49.2 Å². The Morgan fingerprint density at radius 1 is 1.05 bits per heavy atom. The number of benzene rings is 3. The first-order chi connectivity index (χ1) is 18.6. The zero-order chi connectivity index (χ0) is 28.2. The van der Waals surface area contributed by atoms with Crippen molar-refractivity contribution in [2.75, 3.05) is 12.0 Å². The number of aromatic hydroxyl groups is 1. The van der Waals surface area contributed by atoms with Crippen LogP contribution in [0.2, 0.25) is 0 Å². The predicted molar refractivity (Wildman–Crippen MR) is 146 cm³/mol. The maximum absolute atomic E-state index is 14.1. The Bertz CT molecular complexity index is 1500. The number of methoxy groups -OCH3 is 1. The predicted octanol–water partition coefficient (Wildman–Crippen LogP) is 4.00. The molecule has 0 spiro atoms. The van der Waals surface area contributed by atoms with Gasteiger partial charge in [-0.3, -0.25) is 14.5 Å². The van der Waals surface area contributed by atoms with Crippen LogP contribution in [0.15, 0.2) is 72.8 Å². The molecule has 202 valence electrons. The number of rotatable bonds is 9. The summed E-state index contributed by atoms with van der Waals surface area (Å²) in [5.41, 5.74) is 1.73. The summed E-state index contributed by atoms with van der Waals surface area (Å²) in [6.45, 7) is 5.52. The van der Waals surface area contributed by atoms with E-state index in [0.29, 0.717) is 28.7 Å². The quantitative estimate of drug-likeness (QED) is 0.314. The van der Waals surface area contributed by atoms with Gasteiger partial charge in [0.25, 0.3) is 0 Å². The van der Waals surface area contributed by atoms with Crippen molar-refractivity contribution in [3.63, 3.8) is 0 Å². The van der Waals surface area contributed by atoms with Gasteiger partial charge >= 0.3 is 5.97 Å². The lowest BCUT2D eigenvalue weighted by molar-refractivity contribution is -0.128. The first-order valence-corrected chi connectivity index (χ1v) is 12.5. The second-order valence-electron chi connectivity index (χ2n) is 9.76. The van der Waals surface area contributed by atoms with E-state index >= 15 is 0 Å². The van der Waals surface area contributed by atoms with Crippen LogP contribution in [0.3, 0.4) is 0 Å². The number of nitrogens with zero attached hydrogens (tertiary/aromatic N) is 4. The lowest BCUT2D eigenvalue weighted by Gasteiger charge is -2.34. The Labute approximate surface area is 226 Å². The van der Waals surface area contributed by atoms with Gasteiger partial charge in [0, 0.05) is 11.2 Å². The zero-order valence-electron chi connectivity index (χ0n) is 22.3. The molecule has 0 saturated heterocycles. The van der Waals surface area contributed by atoms with Crippen LogP contribution in [0.25, 0.3) is 11.0 Å². The maximum Gasteiger partial charge on any atom is 0.337 e. The van der Waals surface area contributed by atoms with E-state index in [0.717, 1.165) is 0 Å². The van der Waals surface area contributed by atoms with Crippen molar-refractivity contribution < 1.29 is 24.2 Å². The molecule has 10 nitrogen and oxygen atoms in total. The fourth-order valence-corrected chi connectivity index (χ4v) is 4.14. The molecular weight excluding hydrogens is 498 g/mol. The van der Waals surface area contributed by atoms with Crippen molar-refractivity contribution in [3.05, 3.63) is 83.9 Å². The molecule has 0 aliphatic rings. The van der Waals surface area contributed by atoms with E-state index in [1.54, 1.807) is 42.5 Å². The molecule has 1 aromatic heterocycles. The van der Waals surface area contributed by atoms with Gasteiger partial charge in [-0.05, 0) is 68.3 Å². The van der Waals surface area contributed by atoms with E-state index in [1.165, 1.54) is 34.9 Å². The van der Waals surface area contributed by atoms with Crippen molar-refractivity contribution in [1.82, 2.24) is 20.3 Å². The minimum atomic E-state index is -1.13. The van der Waals surface area contributed by atoms with E-state index < -0.39 is 29.4 Å². The smallest absolute Gasteiger partial charge is 0.337 e. The van der Waals surface area contributed by atoms with Crippen LogP contribution in [0, 0.1) is 0 Å². The summed E-state index contributed by atoms with van der Waals surface area (Å²) < 4.78 is 6.35. The molecule has 0 radical (unpaired) electrons. The zero-order valence-corrected chi connectivity index (χ0v) is 22.3. The highest BCUT2D eigenvalue weighted by Crippen LogP contribution is 2.31. The number of carbonyl (C=O) groups excluding carboxylic acids is 3. The molecule has 0 fully saturated rings. The number of nitrogens with one attached hydrogen (secondary N) is 1. The summed E-state index contributed by atoms with van der Waals surface area (Å²) >= 11 is 0. The molecule has 0 bridgehead atoms. The van der Waals surface area contributed by atoms with Gasteiger partial charge in [-0.1, -0.05) is 42.5 Å². The largest absolute Gasteiger partial charge is 0.508 e. The van der Waals surface area contributed by atoms with E-state index in [2.05, 4.69) is 15.6 Å². The van der Waals surface area contributed by atoms with Gasteiger partial charge in [0.05, 0.1) is 18.2 Å². The third-order valence-electron chi connectivity index (χ3n) is 6.58. The summed E-state index contributed by atoms with van der Waals surface area (Å²) in [7, 11) is 1.27. The summed E-state index contributed by atoms with van der Waals surface area (Å²) in [5.74, 6) is -1.45. The summed E-state index contributed by atoms with van der Waals surface area (Å²) in [6, 6.07) is 18.6. The number of hydrogen-bond donors (Lipinski definition) is 2. The Morgan fingerprint density at radius 3 is 2.46 bits per heavy atom. The van der Waals surface area contributed by atoms with Gasteiger partial charge in [-0.25, -0.2) is 9.48 Å². The van der Waals surface area contributed by atoms with E-state index in [4.69, 9.17) is 4.74 Å². The molecule has 1 heterocycles. The fraction of sp³-hybridized carbons (Fsp3) is 0.276. The third-order valence-corrected chi connectivity index (χ3v) is 6.58. The highest BCUT2D eigenvalue weighted by Gasteiger charge is 2.35. The molecule has 0 unspecified atom stereocenters. The molecule has 2 N–H and O–H groups in total. The van der Waals surface area contributed by atoms with Crippen molar-refractivity contribution in [2.45, 2.75) is 45.3 Å². The average Bonchev–Trinajstić information content (AvgIpc) is 3.34. The normalized spacial score (nSPS) is 12.1. The number of fused-ring (bicyclic) bond motifs is 1. The van der Waals surface area contributed by atoms with Crippen LogP contribution in [0.5, 0.6) is 5.75 Å². The minimum Gasteiger partial charge on any atom is -0.508 e. The van der Waals surface area contributed by atoms with Gasteiger partial charge in [0.15, 0.2) is 0 Å². The standard InChI is InChI=1S/C29H31N5O5/c1-5-29(2,3)30-27(37)26(19-13-15-22(35)16-14-19)34(21-10-8-9-20(17-21)28(38)39-4)25(36)18-33-24-12-7-6-11-23(24)31-32-33/h6-17,26,35H,5,18H2,1-4H3,(H,30,37)/t26-/m0/s1. The number of phenols is 1. The Hall–Kier alpha value is -4.73. The molecule has 3 aromatic carbocycles. The molecule has 0 saturated carbocycles. The lowest BCUT2D eigenvalue weighted by Crippen LogP contribution is -2.51. The second kappa shape index (κ2) is 11.3. The number of hydrogen-bond acceptors (Lipinski definition) is 7. The van der Waals surface area contributed by atoms with Crippen molar-refractivity contribution in [1.29, 1.82) is 0 Å². The molecule has 39 heavy (non-hydrogen) atoms. The molecule has 4 aromatic rings. The summed E-state index contributed by atoms with van der Waals surface area (Å²) in [6.07, 6.45) is 0.651. The third kappa shape index (κ3) is 6.06. The Kier molecular flexibility index (Phi) is 7.94. The van der Waals surface area contributed by atoms with Crippen LogP contribution in [-0.4, -0.2) is 50.5 Å². The number of phenolic OH excluding ortho intramolecular Hbond substituents is 1. The van der Waals surface area contributed by atoms with E-state index in [1.807, 2.05) is 32.9 Å². The van der Waals surface area contributed by atoms with Gasteiger partial charge in [-0.2, -0.15) is 0 Å². The monoisotopic (exact) mass is 529 g/mol. The van der Waals surface area contributed by atoms with Crippen LogP contribution in [-0.2, 0) is 20.9 Å². The first-order valence-electron chi connectivity index (χ1n) is 12.5. The van der Waals surface area contributed by atoms with Crippen molar-refractivity contribution in [2.24, 2.45) is 0 Å². The number of esters is 1. The SMILES string of the molecule is CCC(C)(C)NC(=O)[C@H](c1ccc(O)cc1)N(C(=O)Cn1nnc2ccccc21)c1cccc(C(=O)OC)c1. The molecule has 4 rings (SSSR count). The maximum atomic E-state index is 14.1. The average molecular weight is 530 g/mol. The molecule has 1 atom stereocenters. The van der Waals surface area contributed by atoms with Gasteiger partial charge in [0.1, 0.15) is 23.9 Å². The van der Waals surface area contributed by atoms with E-state index in [9.17, 15) is 19.5 Å². The number of anilines is 1. The van der Waals surface area contributed by atoms with Crippen LogP contribution in [0.4, 0.5) is 5.69 Å². The summed E-state index contributed by atoms with van der Waals surface area (Å²) in [5, 5.41) is 21.2. The summed E-state index contributed by atoms with van der Waals surface area (Å²) in [4.78, 5) is 41.7. The number of para-hydroxylation sites is 1. The molecule has 10 heteroatoms. The van der Waals surface area contributed by atoms with Gasteiger partial charge in [0.2, 0.25) is 11.8 Å². The molecular formula is C29H31N5O5. The molecule has 2 amide bonds. The fourth-order valence-electron chi connectivity index (χ4n) is 4.14. The number of carbonyl (C=O) groups is 3. The van der Waals surface area contributed by atoms with E-state index in [-0.39, 0.29) is 17.9 Å². The molecule has 0 aliphatic carbocycles. The number of aromatic nitrogens is 3. The topological polar surface area (TPSA) is 127 Å². The Balaban J connectivity index is 1.86. The minimum absolute atomic E-state index is 0.0199. The number of ether oxygens (including phenoxy) is 1. The highest BCUT2D eigenvalue weighted by atomic mass is 16.5. The van der Waals surface area contributed by atoms with Crippen LogP contribution >= 0.6 is 0 Å². The first kappa shape index (κ1) is 27.3. The van der Waals surface area contributed by atoms with Crippen molar-refractivity contribution in [3.8, 4) is 5.75 Å². The van der Waals surface area contributed by atoms with Crippen LogP contribution < -0.4 is 10.2 Å².